The van der Waals surface area contributed by atoms with Gasteiger partial charge in [0.1, 0.15) is 10.8 Å². The standard InChI is InChI=1S/C11H17N3O2S/c1-11(2,5-4-10(15)16)14-8-6-12-7-9(13-8)17-3/h6-7H,4-5H2,1-3H3,(H,13,14)(H,15,16). The van der Waals surface area contributed by atoms with Gasteiger partial charge in [-0.3, -0.25) is 9.78 Å². The average Bonchev–Trinajstić information content (AvgIpc) is 2.26. The van der Waals surface area contributed by atoms with Gasteiger partial charge < -0.3 is 10.4 Å². The van der Waals surface area contributed by atoms with Gasteiger partial charge in [0.25, 0.3) is 0 Å². The second kappa shape index (κ2) is 5.86. The Morgan fingerprint density at radius 2 is 2.24 bits per heavy atom. The van der Waals surface area contributed by atoms with Gasteiger partial charge in [-0.2, -0.15) is 0 Å². The van der Waals surface area contributed by atoms with Gasteiger partial charge in [0, 0.05) is 12.0 Å². The molecule has 0 spiro atoms. The summed E-state index contributed by atoms with van der Waals surface area (Å²) in [5, 5.41) is 12.7. The second-order valence-corrected chi connectivity index (χ2v) is 5.18. The number of hydrogen-bond acceptors (Lipinski definition) is 5. The topological polar surface area (TPSA) is 75.1 Å². The minimum absolute atomic E-state index is 0.135. The van der Waals surface area contributed by atoms with Crippen molar-refractivity contribution in [3.8, 4) is 0 Å². The number of anilines is 1. The molecule has 0 aliphatic carbocycles. The maximum absolute atomic E-state index is 10.5. The smallest absolute Gasteiger partial charge is 0.303 e. The molecule has 6 heteroatoms. The van der Waals surface area contributed by atoms with E-state index in [1.807, 2.05) is 20.1 Å². The van der Waals surface area contributed by atoms with Crippen LogP contribution in [0.15, 0.2) is 17.4 Å². The minimum atomic E-state index is -0.788. The lowest BCUT2D eigenvalue weighted by atomic mass is 9.98. The Morgan fingerprint density at radius 3 is 2.82 bits per heavy atom. The zero-order valence-electron chi connectivity index (χ0n) is 10.2. The molecule has 0 fully saturated rings. The SMILES string of the molecule is CSc1cncc(NC(C)(C)CCC(=O)O)n1. The van der Waals surface area contributed by atoms with Crippen molar-refractivity contribution in [2.24, 2.45) is 0 Å². The lowest BCUT2D eigenvalue weighted by Gasteiger charge is -2.26. The van der Waals surface area contributed by atoms with Crippen LogP contribution < -0.4 is 5.32 Å². The van der Waals surface area contributed by atoms with E-state index in [0.717, 1.165) is 5.03 Å². The molecular formula is C11H17N3O2S. The highest BCUT2D eigenvalue weighted by molar-refractivity contribution is 7.98. The van der Waals surface area contributed by atoms with Gasteiger partial charge in [-0.1, -0.05) is 0 Å². The Bertz CT molecular complexity index is 396. The monoisotopic (exact) mass is 255 g/mol. The summed E-state index contributed by atoms with van der Waals surface area (Å²) in [5.74, 6) is -0.115. The summed E-state index contributed by atoms with van der Waals surface area (Å²) in [6, 6.07) is 0. The average molecular weight is 255 g/mol. The summed E-state index contributed by atoms with van der Waals surface area (Å²) in [6.07, 6.45) is 5.94. The van der Waals surface area contributed by atoms with Gasteiger partial charge in [0.2, 0.25) is 0 Å². The molecule has 0 aromatic carbocycles. The zero-order chi connectivity index (χ0) is 12.9. The molecule has 0 saturated carbocycles. The Balaban J connectivity index is 2.64. The van der Waals surface area contributed by atoms with Crippen LogP contribution in [0.3, 0.4) is 0 Å². The third-order valence-electron chi connectivity index (χ3n) is 2.25. The Labute approximate surface area is 105 Å². The predicted octanol–water partition coefficient (Wildman–Crippen LogP) is 2.25. The Morgan fingerprint density at radius 1 is 1.53 bits per heavy atom. The second-order valence-electron chi connectivity index (χ2n) is 4.35. The summed E-state index contributed by atoms with van der Waals surface area (Å²) in [6.45, 7) is 3.90. The summed E-state index contributed by atoms with van der Waals surface area (Å²) in [7, 11) is 0. The molecule has 0 unspecified atom stereocenters. The molecule has 17 heavy (non-hydrogen) atoms. The first-order chi connectivity index (χ1) is 7.93. The Kier molecular flexibility index (Phi) is 4.74. The van der Waals surface area contributed by atoms with Crippen LogP contribution in [-0.2, 0) is 4.79 Å². The Hall–Kier alpha value is -1.30. The molecule has 1 aromatic rings. The molecule has 0 amide bonds. The minimum Gasteiger partial charge on any atom is -0.481 e. The van der Waals surface area contributed by atoms with Crippen molar-refractivity contribution in [1.29, 1.82) is 0 Å². The molecule has 0 saturated heterocycles. The van der Waals surface area contributed by atoms with Crippen LogP contribution in [0.5, 0.6) is 0 Å². The van der Waals surface area contributed by atoms with Crippen LogP contribution in [0.25, 0.3) is 0 Å². The van der Waals surface area contributed by atoms with Crippen LogP contribution in [0, 0.1) is 0 Å². The molecule has 2 N–H and O–H groups in total. The van der Waals surface area contributed by atoms with E-state index in [9.17, 15) is 4.79 Å². The van der Waals surface area contributed by atoms with Crippen LogP contribution in [0.4, 0.5) is 5.82 Å². The molecule has 0 aliphatic heterocycles. The van der Waals surface area contributed by atoms with Crippen molar-refractivity contribution in [3.05, 3.63) is 12.4 Å². The van der Waals surface area contributed by atoms with Crippen LogP contribution >= 0.6 is 11.8 Å². The first-order valence-electron chi connectivity index (χ1n) is 5.29. The zero-order valence-corrected chi connectivity index (χ0v) is 11.0. The number of aliphatic carboxylic acids is 1. The third-order valence-corrected chi connectivity index (χ3v) is 2.87. The van der Waals surface area contributed by atoms with Gasteiger partial charge in [-0.05, 0) is 26.5 Å². The third kappa shape index (κ3) is 5.04. The fourth-order valence-corrected chi connectivity index (χ4v) is 1.69. The predicted molar refractivity (Wildman–Crippen MR) is 68.4 cm³/mol. The molecule has 5 nitrogen and oxygen atoms in total. The maximum Gasteiger partial charge on any atom is 0.303 e. The highest BCUT2D eigenvalue weighted by atomic mass is 32.2. The van der Waals surface area contributed by atoms with E-state index >= 15 is 0 Å². The largest absolute Gasteiger partial charge is 0.481 e. The van der Waals surface area contributed by atoms with E-state index in [-0.39, 0.29) is 12.0 Å². The first kappa shape index (κ1) is 13.8. The molecule has 1 heterocycles. The van der Waals surface area contributed by atoms with E-state index in [2.05, 4.69) is 15.3 Å². The number of aromatic nitrogens is 2. The molecule has 1 rings (SSSR count). The fourth-order valence-electron chi connectivity index (χ4n) is 1.34. The van der Waals surface area contributed by atoms with Crippen LogP contribution in [-0.4, -0.2) is 32.8 Å². The number of carbonyl (C=O) groups is 1. The highest BCUT2D eigenvalue weighted by Gasteiger charge is 2.19. The van der Waals surface area contributed by atoms with Gasteiger partial charge in [-0.25, -0.2) is 4.98 Å². The maximum atomic E-state index is 10.5. The first-order valence-corrected chi connectivity index (χ1v) is 6.51. The molecule has 1 aromatic heterocycles. The van der Waals surface area contributed by atoms with Crippen molar-refractivity contribution < 1.29 is 9.90 Å². The molecular weight excluding hydrogens is 238 g/mol. The molecule has 0 radical (unpaired) electrons. The summed E-state index contributed by atoms with van der Waals surface area (Å²) < 4.78 is 0. The van der Waals surface area contributed by atoms with E-state index in [1.54, 1.807) is 12.4 Å². The fraction of sp³-hybridized carbons (Fsp3) is 0.545. The van der Waals surface area contributed by atoms with Crippen molar-refractivity contribution in [3.63, 3.8) is 0 Å². The van der Waals surface area contributed by atoms with E-state index in [4.69, 9.17) is 5.11 Å². The van der Waals surface area contributed by atoms with Crippen LogP contribution in [0.1, 0.15) is 26.7 Å². The van der Waals surface area contributed by atoms with Crippen molar-refractivity contribution in [2.75, 3.05) is 11.6 Å². The molecule has 0 bridgehead atoms. The van der Waals surface area contributed by atoms with E-state index in [1.165, 1.54) is 11.8 Å². The van der Waals surface area contributed by atoms with Crippen molar-refractivity contribution in [2.45, 2.75) is 37.3 Å². The van der Waals surface area contributed by atoms with Gasteiger partial charge >= 0.3 is 5.97 Å². The molecule has 0 aliphatic rings. The van der Waals surface area contributed by atoms with Crippen molar-refractivity contribution in [1.82, 2.24) is 9.97 Å². The van der Waals surface area contributed by atoms with Crippen molar-refractivity contribution >= 4 is 23.5 Å². The molecule has 0 atom stereocenters. The number of carboxylic acids is 1. The highest BCUT2D eigenvalue weighted by Crippen LogP contribution is 2.19. The van der Waals surface area contributed by atoms with Crippen LogP contribution in [0.2, 0.25) is 0 Å². The number of hydrogen-bond donors (Lipinski definition) is 2. The molecule has 94 valence electrons. The van der Waals surface area contributed by atoms with Gasteiger partial charge in [0.15, 0.2) is 0 Å². The number of carboxylic acid groups (broad SMARTS) is 1. The van der Waals surface area contributed by atoms with Gasteiger partial charge in [-0.15, -0.1) is 11.8 Å². The summed E-state index contributed by atoms with van der Waals surface area (Å²) >= 11 is 1.52. The summed E-state index contributed by atoms with van der Waals surface area (Å²) in [4.78, 5) is 19.0. The van der Waals surface area contributed by atoms with Gasteiger partial charge in [0.05, 0.1) is 12.4 Å². The number of rotatable bonds is 6. The number of thioether (sulfide) groups is 1. The summed E-state index contributed by atoms with van der Waals surface area (Å²) in [5.41, 5.74) is -0.315. The number of nitrogens with one attached hydrogen (secondary N) is 1. The number of nitrogens with zero attached hydrogens (tertiary/aromatic N) is 2. The quantitative estimate of drug-likeness (QED) is 0.759. The lowest BCUT2D eigenvalue weighted by Crippen LogP contribution is -2.32. The van der Waals surface area contributed by atoms with E-state index < -0.39 is 5.97 Å². The van der Waals surface area contributed by atoms with E-state index in [0.29, 0.717) is 12.2 Å². The normalized spacial score (nSPS) is 11.2. The lowest BCUT2D eigenvalue weighted by molar-refractivity contribution is -0.137.